The fraction of sp³-hybridized carbons (Fsp3) is 0.500. The fourth-order valence-corrected chi connectivity index (χ4v) is 1.52. The molecule has 0 bridgehead atoms. The first-order valence-corrected chi connectivity index (χ1v) is 5.89. The number of carbonyl (C=O) groups excluding carboxylic acids is 1. The summed E-state index contributed by atoms with van der Waals surface area (Å²) < 4.78 is 5.26. The van der Waals surface area contributed by atoms with Gasteiger partial charge in [0.05, 0.1) is 0 Å². The molecule has 0 fully saturated rings. The second-order valence-corrected chi connectivity index (χ2v) is 5.04. The number of hydrogen-bond donors (Lipinski definition) is 1. The molecule has 0 aliphatic heterocycles. The van der Waals surface area contributed by atoms with E-state index in [0.717, 1.165) is 11.3 Å². The SMILES string of the molecule is CNc1cccc(CCC(=O)OC(C)(C)C)c1. The predicted octanol–water partition coefficient (Wildman–Crippen LogP) is 3.00. The molecule has 0 spiro atoms. The minimum absolute atomic E-state index is 0.146. The van der Waals surface area contributed by atoms with Crippen LogP contribution in [0.3, 0.4) is 0 Å². The highest BCUT2D eigenvalue weighted by Crippen LogP contribution is 2.13. The molecular formula is C14H21NO2. The van der Waals surface area contributed by atoms with Crippen LogP contribution in [-0.4, -0.2) is 18.6 Å². The zero-order chi connectivity index (χ0) is 12.9. The topological polar surface area (TPSA) is 38.3 Å². The van der Waals surface area contributed by atoms with Crippen LogP contribution in [-0.2, 0) is 16.0 Å². The fourth-order valence-electron chi connectivity index (χ4n) is 1.52. The van der Waals surface area contributed by atoms with Gasteiger partial charge in [-0.15, -0.1) is 0 Å². The highest BCUT2D eigenvalue weighted by atomic mass is 16.6. The van der Waals surface area contributed by atoms with Crippen LogP contribution in [0, 0.1) is 0 Å². The van der Waals surface area contributed by atoms with Crippen LogP contribution in [0.15, 0.2) is 24.3 Å². The molecule has 0 amide bonds. The summed E-state index contributed by atoms with van der Waals surface area (Å²) in [6, 6.07) is 8.04. The van der Waals surface area contributed by atoms with Gasteiger partial charge in [-0.05, 0) is 44.9 Å². The molecule has 3 heteroatoms. The van der Waals surface area contributed by atoms with Crippen LogP contribution in [0.2, 0.25) is 0 Å². The molecule has 0 unspecified atom stereocenters. The predicted molar refractivity (Wildman–Crippen MR) is 70.2 cm³/mol. The standard InChI is InChI=1S/C14H21NO2/c1-14(2,3)17-13(16)9-8-11-6-5-7-12(10-11)15-4/h5-7,10,15H,8-9H2,1-4H3. The lowest BCUT2D eigenvalue weighted by atomic mass is 10.1. The molecule has 0 aliphatic carbocycles. The average Bonchev–Trinajstić information content (AvgIpc) is 2.24. The molecule has 1 rings (SSSR count). The van der Waals surface area contributed by atoms with Gasteiger partial charge in [-0.25, -0.2) is 0 Å². The lowest BCUT2D eigenvalue weighted by molar-refractivity contribution is -0.154. The van der Waals surface area contributed by atoms with Gasteiger partial charge in [0, 0.05) is 19.2 Å². The van der Waals surface area contributed by atoms with Gasteiger partial charge in [0.2, 0.25) is 0 Å². The number of nitrogens with one attached hydrogen (secondary N) is 1. The number of hydrogen-bond acceptors (Lipinski definition) is 3. The van der Waals surface area contributed by atoms with E-state index >= 15 is 0 Å². The van der Waals surface area contributed by atoms with Crippen molar-refractivity contribution in [3.05, 3.63) is 29.8 Å². The number of benzene rings is 1. The van der Waals surface area contributed by atoms with Crippen molar-refractivity contribution in [2.75, 3.05) is 12.4 Å². The Bertz CT molecular complexity index is 380. The van der Waals surface area contributed by atoms with E-state index in [2.05, 4.69) is 5.32 Å². The Balaban J connectivity index is 2.47. The molecule has 1 N–H and O–H groups in total. The summed E-state index contributed by atoms with van der Waals surface area (Å²) in [7, 11) is 1.88. The normalized spacial score (nSPS) is 11.1. The van der Waals surface area contributed by atoms with Gasteiger partial charge in [0.25, 0.3) is 0 Å². The smallest absolute Gasteiger partial charge is 0.306 e. The maximum Gasteiger partial charge on any atom is 0.306 e. The number of anilines is 1. The molecule has 0 atom stereocenters. The summed E-state index contributed by atoms with van der Waals surface area (Å²) in [6.07, 6.45) is 1.13. The van der Waals surface area contributed by atoms with Gasteiger partial charge in [0.15, 0.2) is 0 Å². The Morgan fingerprint density at radius 2 is 2.06 bits per heavy atom. The maximum atomic E-state index is 11.5. The first-order chi connectivity index (χ1) is 7.90. The Morgan fingerprint density at radius 1 is 1.35 bits per heavy atom. The van der Waals surface area contributed by atoms with Crippen molar-refractivity contribution in [2.24, 2.45) is 0 Å². The molecule has 0 saturated heterocycles. The number of esters is 1. The maximum absolute atomic E-state index is 11.5. The Kier molecular flexibility index (Phi) is 4.55. The molecule has 0 saturated carbocycles. The molecule has 1 aromatic rings. The zero-order valence-corrected chi connectivity index (χ0v) is 11.0. The quantitative estimate of drug-likeness (QED) is 0.815. The lowest BCUT2D eigenvalue weighted by Gasteiger charge is -2.19. The molecule has 0 heterocycles. The van der Waals surface area contributed by atoms with Crippen molar-refractivity contribution >= 4 is 11.7 Å². The summed E-state index contributed by atoms with van der Waals surface area (Å²) in [6.45, 7) is 5.64. The van der Waals surface area contributed by atoms with Crippen molar-refractivity contribution in [1.29, 1.82) is 0 Å². The van der Waals surface area contributed by atoms with Gasteiger partial charge in [-0.1, -0.05) is 12.1 Å². The van der Waals surface area contributed by atoms with Crippen molar-refractivity contribution in [1.82, 2.24) is 0 Å². The Labute approximate surface area is 103 Å². The van der Waals surface area contributed by atoms with Crippen molar-refractivity contribution in [3.8, 4) is 0 Å². The van der Waals surface area contributed by atoms with E-state index in [1.807, 2.05) is 52.1 Å². The third-order valence-electron chi connectivity index (χ3n) is 2.25. The summed E-state index contributed by atoms with van der Waals surface area (Å²) in [5, 5.41) is 3.08. The van der Waals surface area contributed by atoms with E-state index < -0.39 is 5.60 Å². The summed E-state index contributed by atoms with van der Waals surface area (Å²) in [5.41, 5.74) is 1.80. The molecule has 0 aromatic heterocycles. The van der Waals surface area contributed by atoms with Crippen molar-refractivity contribution < 1.29 is 9.53 Å². The monoisotopic (exact) mass is 235 g/mol. The summed E-state index contributed by atoms with van der Waals surface area (Å²) in [4.78, 5) is 11.5. The largest absolute Gasteiger partial charge is 0.460 e. The second-order valence-electron chi connectivity index (χ2n) is 5.04. The second kappa shape index (κ2) is 5.71. The van der Waals surface area contributed by atoms with Crippen LogP contribution in [0.1, 0.15) is 32.8 Å². The molecule has 94 valence electrons. The van der Waals surface area contributed by atoms with Gasteiger partial charge in [0.1, 0.15) is 5.60 Å². The molecule has 0 radical (unpaired) electrons. The van der Waals surface area contributed by atoms with Gasteiger partial charge >= 0.3 is 5.97 Å². The van der Waals surface area contributed by atoms with E-state index in [0.29, 0.717) is 12.8 Å². The van der Waals surface area contributed by atoms with Crippen LogP contribution in [0.4, 0.5) is 5.69 Å². The number of aryl methyl sites for hydroxylation is 1. The van der Waals surface area contributed by atoms with Crippen LogP contribution in [0.25, 0.3) is 0 Å². The van der Waals surface area contributed by atoms with E-state index in [4.69, 9.17) is 4.74 Å². The van der Waals surface area contributed by atoms with Crippen LogP contribution < -0.4 is 5.32 Å². The molecule has 3 nitrogen and oxygen atoms in total. The van der Waals surface area contributed by atoms with Crippen molar-refractivity contribution in [3.63, 3.8) is 0 Å². The summed E-state index contributed by atoms with van der Waals surface area (Å²) >= 11 is 0. The highest BCUT2D eigenvalue weighted by molar-refractivity contribution is 5.70. The van der Waals surface area contributed by atoms with Crippen LogP contribution >= 0.6 is 0 Å². The number of ether oxygens (including phenoxy) is 1. The Hall–Kier alpha value is -1.51. The van der Waals surface area contributed by atoms with Crippen molar-refractivity contribution in [2.45, 2.75) is 39.2 Å². The first-order valence-electron chi connectivity index (χ1n) is 5.89. The average molecular weight is 235 g/mol. The van der Waals surface area contributed by atoms with E-state index in [-0.39, 0.29) is 5.97 Å². The lowest BCUT2D eigenvalue weighted by Crippen LogP contribution is -2.24. The van der Waals surface area contributed by atoms with Crippen LogP contribution in [0.5, 0.6) is 0 Å². The van der Waals surface area contributed by atoms with Gasteiger partial charge in [-0.3, -0.25) is 4.79 Å². The summed E-state index contributed by atoms with van der Waals surface area (Å²) in [5.74, 6) is -0.146. The third kappa shape index (κ3) is 5.38. The zero-order valence-electron chi connectivity index (χ0n) is 11.0. The Morgan fingerprint density at radius 3 is 2.65 bits per heavy atom. The first kappa shape index (κ1) is 13.6. The van der Waals surface area contributed by atoms with E-state index in [1.54, 1.807) is 0 Å². The van der Waals surface area contributed by atoms with Gasteiger partial charge in [-0.2, -0.15) is 0 Å². The molecular weight excluding hydrogens is 214 g/mol. The number of carbonyl (C=O) groups is 1. The minimum atomic E-state index is -0.399. The highest BCUT2D eigenvalue weighted by Gasteiger charge is 2.15. The molecule has 1 aromatic carbocycles. The third-order valence-corrected chi connectivity index (χ3v) is 2.25. The minimum Gasteiger partial charge on any atom is -0.460 e. The number of rotatable bonds is 4. The molecule has 17 heavy (non-hydrogen) atoms. The van der Waals surface area contributed by atoms with Gasteiger partial charge < -0.3 is 10.1 Å². The van der Waals surface area contributed by atoms with E-state index in [9.17, 15) is 4.79 Å². The molecule has 0 aliphatic rings. The van der Waals surface area contributed by atoms with E-state index in [1.165, 1.54) is 0 Å².